The van der Waals surface area contributed by atoms with Crippen LogP contribution in [0.1, 0.15) is 49.5 Å². The fourth-order valence-electron chi connectivity index (χ4n) is 3.36. The average molecular weight is 463 g/mol. The largest absolute Gasteiger partial charge is 0.444 e. The maximum absolute atomic E-state index is 13.1. The molecule has 0 unspecified atom stereocenters. The Balaban J connectivity index is 1.79. The highest BCUT2D eigenvalue weighted by molar-refractivity contribution is 9.10. The number of alkyl halides is 3. The van der Waals surface area contributed by atoms with Crippen molar-refractivity contribution in [3.05, 3.63) is 33.8 Å². The van der Waals surface area contributed by atoms with Crippen LogP contribution in [-0.2, 0) is 10.9 Å². The summed E-state index contributed by atoms with van der Waals surface area (Å²) < 4.78 is 44.9. The minimum atomic E-state index is -4.53. The second kappa shape index (κ2) is 6.93. The van der Waals surface area contributed by atoms with Gasteiger partial charge in [-0.2, -0.15) is 13.2 Å². The van der Waals surface area contributed by atoms with Crippen molar-refractivity contribution in [2.24, 2.45) is 0 Å². The molecular weight excluding hydrogens is 441 g/mol. The predicted molar refractivity (Wildman–Crippen MR) is 100.0 cm³/mol. The average Bonchev–Trinajstić information content (AvgIpc) is 3.31. The number of hydrogen-bond donors (Lipinski definition) is 0. The lowest BCUT2D eigenvalue weighted by atomic mass is 10.1. The molecule has 3 rings (SSSR count). The molecular formula is C19H22BrF3N2O3. The van der Waals surface area contributed by atoms with Gasteiger partial charge in [0.25, 0.3) is 5.91 Å². The van der Waals surface area contributed by atoms with Crippen LogP contribution in [0.4, 0.5) is 18.0 Å². The van der Waals surface area contributed by atoms with Crippen LogP contribution in [0.25, 0.3) is 0 Å². The van der Waals surface area contributed by atoms with Gasteiger partial charge in [-0.3, -0.25) is 4.79 Å². The standard InChI is InChI=1S/C19H22BrF3N2O3/c1-17(2,3)28-16(27)24-8-9-25(18(11-24)6-7-18)15(26)13-10-12(19(21,22)23)4-5-14(13)20/h4-5,10H,6-9,11H2,1-3H3. The monoisotopic (exact) mass is 462 g/mol. The first-order valence-corrected chi connectivity index (χ1v) is 9.78. The van der Waals surface area contributed by atoms with E-state index in [1.807, 2.05) is 0 Å². The van der Waals surface area contributed by atoms with Crippen molar-refractivity contribution in [3.63, 3.8) is 0 Å². The van der Waals surface area contributed by atoms with Gasteiger partial charge in [-0.15, -0.1) is 0 Å². The number of benzene rings is 1. The van der Waals surface area contributed by atoms with Crippen LogP contribution >= 0.6 is 15.9 Å². The fraction of sp³-hybridized carbons (Fsp3) is 0.579. The summed E-state index contributed by atoms with van der Waals surface area (Å²) in [5.41, 5.74) is -2.04. The van der Waals surface area contributed by atoms with Gasteiger partial charge in [0, 0.05) is 24.1 Å². The Morgan fingerprint density at radius 2 is 1.79 bits per heavy atom. The quantitative estimate of drug-likeness (QED) is 0.607. The van der Waals surface area contributed by atoms with Crippen molar-refractivity contribution in [2.75, 3.05) is 19.6 Å². The molecule has 0 N–H and O–H groups in total. The van der Waals surface area contributed by atoms with Gasteiger partial charge in [-0.1, -0.05) is 0 Å². The molecule has 0 radical (unpaired) electrons. The molecule has 0 aromatic heterocycles. The number of rotatable bonds is 1. The van der Waals surface area contributed by atoms with E-state index in [2.05, 4.69) is 15.9 Å². The molecule has 1 aromatic carbocycles. The molecule has 0 bridgehead atoms. The Labute approximate surface area is 169 Å². The number of nitrogens with zero attached hydrogens (tertiary/aromatic N) is 2. The molecule has 28 heavy (non-hydrogen) atoms. The Morgan fingerprint density at radius 1 is 1.14 bits per heavy atom. The van der Waals surface area contributed by atoms with E-state index in [-0.39, 0.29) is 18.7 Å². The summed E-state index contributed by atoms with van der Waals surface area (Å²) in [5, 5.41) is 0. The molecule has 1 spiro atoms. The van der Waals surface area contributed by atoms with Crippen molar-refractivity contribution in [1.29, 1.82) is 0 Å². The first-order chi connectivity index (χ1) is 12.8. The van der Waals surface area contributed by atoms with Gasteiger partial charge in [0.15, 0.2) is 0 Å². The number of amides is 2. The normalized spacial score (nSPS) is 19.0. The van der Waals surface area contributed by atoms with Crippen molar-refractivity contribution in [3.8, 4) is 0 Å². The number of piperazine rings is 1. The zero-order valence-electron chi connectivity index (χ0n) is 15.9. The Kier molecular flexibility index (Phi) is 5.19. The molecule has 1 aromatic rings. The van der Waals surface area contributed by atoms with E-state index in [4.69, 9.17) is 4.74 Å². The Bertz CT molecular complexity index is 801. The van der Waals surface area contributed by atoms with Gasteiger partial charge in [0.05, 0.1) is 16.7 Å². The van der Waals surface area contributed by atoms with Gasteiger partial charge < -0.3 is 14.5 Å². The smallest absolute Gasteiger partial charge is 0.416 e. The van der Waals surface area contributed by atoms with Crippen molar-refractivity contribution in [2.45, 2.75) is 50.9 Å². The molecule has 154 valence electrons. The number of carbonyl (C=O) groups excluding carboxylic acids is 2. The van der Waals surface area contributed by atoms with Crippen molar-refractivity contribution >= 4 is 27.9 Å². The van der Waals surface area contributed by atoms with Crippen LogP contribution < -0.4 is 0 Å². The second-order valence-electron chi connectivity index (χ2n) is 8.28. The van der Waals surface area contributed by atoms with Gasteiger partial charge in [0.1, 0.15) is 5.60 Å². The van der Waals surface area contributed by atoms with Crippen LogP contribution in [-0.4, -0.2) is 52.6 Å². The molecule has 2 aliphatic rings. The zero-order chi connectivity index (χ0) is 20.9. The first-order valence-electron chi connectivity index (χ1n) is 8.99. The third-order valence-electron chi connectivity index (χ3n) is 4.90. The summed E-state index contributed by atoms with van der Waals surface area (Å²) in [6.07, 6.45) is -3.56. The van der Waals surface area contributed by atoms with Crippen LogP contribution in [0.15, 0.2) is 22.7 Å². The molecule has 1 saturated heterocycles. The molecule has 0 atom stereocenters. The Hall–Kier alpha value is -1.77. The second-order valence-corrected chi connectivity index (χ2v) is 9.13. The summed E-state index contributed by atoms with van der Waals surface area (Å²) in [6.45, 7) is 6.19. The molecule has 1 heterocycles. The minimum Gasteiger partial charge on any atom is -0.444 e. The molecule has 9 heteroatoms. The van der Waals surface area contributed by atoms with E-state index in [1.165, 1.54) is 6.07 Å². The summed E-state index contributed by atoms with van der Waals surface area (Å²) in [5.74, 6) is -0.459. The van der Waals surface area contributed by atoms with Crippen molar-refractivity contribution < 1.29 is 27.5 Å². The number of ether oxygens (including phenoxy) is 1. The molecule has 1 aliphatic carbocycles. The van der Waals surface area contributed by atoms with Crippen LogP contribution in [0, 0.1) is 0 Å². The fourth-order valence-corrected chi connectivity index (χ4v) is 3.78. The topological polar surface area (TPSA) is 49.9 Å². The summed E-state index contributed by atoms with van der Waals surface area (Å²) in [6, 6.07) is 3.06. The van der Waals surface area contributed by atoms with E-state index in [0.29, 0.717) is 23.9 Å². The third kappa shape index (κ3) is 4.29. The Morgan fingerprint density at radius 3 is 2.32 bits per heavy atom. The highest BCUT2D eigenvalue weighted by Gasteiger charge is 2.54. The lowest BCUT2D eigenvalue weighted by Crippen LogP contribution is -2.58. The molecule has 1 aliphatic heterocycles. The van der Waals surface area contributed by atoms with E-state index < -0.39 is 34.9 Å². The molecule has 5 nitrogen and oxygen atoms in total. The lowest BCUT2D eigenvalue weighted by Gasteiger charge is -2.42. The van der Waals surface area contributed by atoms with Crippen molar-refractivity contribution in [1.82, 2.24) is 9.80 Å². The number of hydrogen-bond acceptors (Lipinski definition) is 3. The van der Waals surface area contributed by atoms with Crippen LogP contribution in [0.5, 0.6) is 0 Å². The highest BCUT2D eigenvalue weighted by Crippen LogP contribution is 2.45. The summed E-state index contributed by atoms with van der Waals surface area (Å²) >= 11 is 3.19. The maximum atomic E-state index is 13.1. The lowest BCUT2D eigenvalue weighted by molar-refractivity contribution is -0.137. The van der Waals surface area contributed by atoms with E-state index in [9.17, 15) is 22.8 Å². The minimum absolute atomic E-state index is 0.0215. The first kappa shape index (κ1) is 21.0. The number of halogens is 4. The molecule has 1 saturated carbocycles. The zero-order valence-corrected chi connectivity index (χ0v) is 17.5. The van der Waals surface area contributed by atoms with E-state index in [1.54, 1.807) is 30.6 Å². The summed E-state index contributed by atoms with van der Waals surface area (Å²) in [4.78, 5) is 28.6. The predicted octanol–water partition coefficient (Wildman–Crippen LogP) is 4.69. The molecule has 2 amide bonds. The highest BCUT2D eigenvalue weighted by atomic mass is 79.9. The van der Waals surface area contributed by atoms with Gasteiger partial charge >= 0.3 is 12.3 Å². The van der Waals surface area contributed by atoms with Crippen LogP contribution in [0.2, 0.25) is 0 Å². The van der Waals surface area contributed by atoms with Gasteiger partial charge in [-0.05, 0) is 67.7 Å². The van der Waals surface area contributed by atoms with Gasteiger partial charge in [0.2, 0.25) is 0 Å². The SMILES string of the molecule is CC(C)(C)OC(=O)N1CCN(C(=O)c2cc(C(F)(F)F)ccc2Br)C2(CC2)C1. The van der Waals surface area contributed by atoms with E-state index in [0.717, 1.165) is 12.1 Å². The number of carbonyl (C=O) groups is 2. The molecule has 2 fully saturated rings. The maximum Gasteiger partial charge on any atom is 0.416 e. The van der Waals surface area contributed by atoms with E-state index >= 15 is 0 Å². The third-order valence-corrected chi connectivity index (χ3v) is 5.59. The van der Waals surface area contributed by atoms with Gasteiger partial charge in [-0.25, -0.2) is 4.79 Å². The van der Waals surface area contributed by atoms with Crippen LogP contribution in [0.3, 0.4) is 0 Å². The summed E-state index contributed by atoms with van der Waals surface area (Å²) in [7, 11) is 0.